The second-order valence-electron chi connectivity index (χ2n) is 9.16. The van der Waals surface area contributed by atoms with Crippen LogP contribution in [0, 0.1) is 40.9 Å². The molecule has 4 rings (SSSR count). The topological polar surface area (TPSA) is 40.5 Å². The number of terminal acetylenes is 1. The molecule has 0 bridgehead atoms. The number of aliphatic hydroxyl groups is 2. The highest BCUT2D eigenvalue weighted by Crippen LogP contribution is 2.66. The minimum Gasteiger partial charge on any atom is -0.393 e. The average Bonchev–Trinajstić information content (AvgIpc) is 2.80. The lowest BCUT2D eigenvalue weighted by Crippen LogP contribution is -2.54. The lowest BCUT2D eigenvalue weighted by molar-refractivity contribution is -0.0969. The van der Waals surface area contributed by atoms with Gasteiger partial charge in [0.1, 0.15) is 5.60 Å². The van der Waals surface area contributed by atoms with Crippen LogP contribution in [0.3, 0.4) is 0 Å². The van der Waals surface area contributed by atoms with Crippen LogP contribution in [0.1, 0.15) is 65.2 Å². The quantitative estimate of drug-likeness (QED) is 0.529. The summed E-state index contributed by atoms with van der Waals surface area (Å²) in [6.07, 6.45) is 16.1. The number of aliphatic hydroxyl groups excluding tert-OH is 1. The van der Waals surface area contributed by atoms with Gasteiger partial charge in [-0.05, 0) is 74.5 Å². The third kappa shape index (κ3) is 1.90. The molecule has 126 valence electrons. The van der Waals surface area contributed by atoms with Crippen LogP contribution in [0.15, 0.2) is 11.6 Å². The van der Waals surface area contributed by atoms with E-state index in [1.54, 1.807) is 0 Å². The van der Waals surface area contributed by atoms with Crippen LogP contribution in [-0.4, -0.2) is 21.9 Å². The lowest BCUT2D eigenvalue weighted by atomic mass is 9.47. The zero-order chi connectivity index (χ0) is 16.5. The van der Waals surface area contributed by atoms with Gasteiger partial charge in [-0.25, -0.2) is 0 Å². The fraction of sp³-hybridized carbons (Fsp3) is 0.810. The van der Waals surface area contributed by atoms with Crippen molar-refractivity contribution in [2.45, 2.75) is 76.9 Å². The van der Waals surface area contributed by atoms with Gasteiger partial charge in [0.05, 0.1) is 6.10 Å². The van der Waals surface area contributed by atoms with Gasteiger partial charge >= 0.3 is 0 Å². The summed E-state index contributed by atoms with van der Waals surface area (Å²) in [4.78, 5) is 0. The third-order valence-corrected chi connectivity index (χ3v) is 8.47. The summed E-state index contributed by atoms with van der Waals surface area (Å²) in [7, 11) is 0. The first-order valence-electron chi connectivity index (χ1n) is 9.42. The Morgan fingerprint density at radius 3 is 2.61 bits per heavy atom. The highest BCUT2D eigenvalue weighted by atomic mass is 16.3. The van der Waals surface area contributed by atoms with E-state index in [0.29, 0.717) is 17.8 Å². The Kier molecular flexibility index (Phi) is 3.33. The van der Waals surface area contributed by atoms with Crippen molar-refractivity contribution < 1.29 is 10.2 Å². The molecule has 4 aliphatic carbocycles. The van der Waals surface area contributed by atoms with Gasteiger partial charge < -0.3 is 10.2 Å². The Labute approximate surface area is 140 Å². The van der Waals surface area contributed by atoms with Crippen LogP contribution in [0.5, 0.6) is 0 Å². The highest BCUT2D eigenvalue weighted by Gasteiger charge is 2.63. The van der Waals surface area contributed by atoms with Gasteiger partial charge in [-0.2, -0.15) is 0 Å². The smallest absolute Gasteiger partial charge is 0.130 e. The van der Waals surface area contributed by atoms with Crippen molar-refractivity contribution in [1.29, 1.82) is 0 Å². The van der Waals surface area contributed by atoms with E-state index in [0.717, 1.165) is 44.9 Å². The molecule has 0 radical (unpaired) electrons. The van der Waals surface area contributed by atoms with Gasteiger partial charge in [0, 0.05) is 5.41 Å². The van der Waals surface area contributed by atoms with Crippen molar-refractivity contribution in [3.05, 3.63) is 11.6 Å². The van der Waals surface area contributed by atoms with Crippen molar-refractivity contribution in [2.24, 2.45) is 28.6 Å². The number of hydrogen-bond donors (Lipinski definition) is 2. The molecule has 3 fully saturated rings. The van der Waals surface area contributed by atoms with Gasteiger partial charge in [-0.1, -0.05) is 31.4 Å². The van der Waals surface area contributed by atoms with Gasteiger partial charge in [0.15, 0.2) is 0 Å². The highest BCUT2D eigenvalue weighted by molar-refractivity contribution is 5.28. The van der Waals surface area contributed by atoms with E-state index in [4.69, 9.17) is 6.42 Å². The average molecular weight is 314 g/mol. The minimum absolute atomic E-state index is 0.112. The molecule has 2 nitrogen and oxygen atoms in total. The Hall–Kier alpha value is -0.780. The molecule has 0 unspecified atom stereocenters. The molecule has 0 aromatic rings. The minimum atomic E-state index is -0.906. The van der Waals surface area contributed by atoms with E-state index < -0.39 is 5.60 Å². The van der Waals surface area contributed by atoms with Crippen molar-refractivity contribution in [3.63, 3.8) is 0 Å². The van der Waals surface area contributed by atoms with Gasteiger partial charge in [-0.15, -0.1) is 6.42 Å². The van der Waals surface area contributed by atoms with Crippen molar-refractivity contribution in [3.8, 4) is 12.3 Å². The third-order valence-electron chi connectivity index (χ3n) is 8.47. The monoisotopic (exact) mass is 314 g/mol. The summed E-state index contributed by atoms with van der Waals surface area (Å²) in [6, 6.07) is 0. The second kappa shape index (κ2) is 4.87. The second-order valence-corrected chi connectivity index (χ2v) is 9.16. The summed E-state index contributed by atoms with van der Waals surface area (Å²) in [5, 5.41) is 21.0. The van der Waals surface area contributed by atoms with Crippen molar-refractivity contribution in [1.82, 2.24) is 0 Å². The van der Waals surface area contributed by atoms with E-state index in [-0.39, 0.29) is 16.9 Å². The van der Waals surface area contributed by atoms with Gasteiger partial charge in [0.2, 0.25) is 0 Å². The normalized spacial score (nSPS) is 55.2. The summed E-state index contributed by atoms with van der Waals surface area (Å²) in [5.41, 5.74) is 0.751. The molecule has 0 aromatic heterocycles. The SMILES string of the molecule is C#C[C@]1(O)CC[C@@H]2[C@H]3CC=C4C[C@H](O)CC[C@]4(C)[C@@H]3CC[C@]21C. The van der Waals surface area contributed by atoms with Crippen molar-refractivity contribution >= 4 is 0 Å². The first kappa shape index (κ1) is 15.7. The molecule has 0 aliphatic heterocycles. The van der Waals surface area contributed by atoms with Crippen LogP contribution in [-0.2, 0) is 0 Å². The van der Waals surface area contributed by atoms with E-state index >= 15 is 0 Å². The van der Waals surface area contributed by atoms with Gasteiger partial charge in [0.25, 0.3) is 0 Å². The number of rotatable bonds is 0. The Bertz CT molecular complexity index is 587. The summed E-state index contributed by atoms with van der Waals surface area (Å²) in [6.45, 7) is 4.68. The summed E-state index contributed by atoms with van der Waals surface area (Å²) >= 11 is 0. The largest absolute Gasteiger partial charge is 0.393 e. The maximum Gasteiger partial charge on any atom is 0.130 e. The van der Waals surface area contributed by atoms with Crippen LogP contribution in [0.4, 0.5) is 0 Å². The molecule has 3 saturated carbocycles. The molecule has 0 aromatic carbocycles. The first-order chi connectivity index (χ1) is 10.8. The maximum atomic E-state index is 11.0. The fourth-order valence-corrected chi connectivity index (χ4v) is 6.89. The lowest BCUT2D eigenvalue weighted by Gasteiger charge is -2.58. The molecular formula is C21H30O2. The Morgan fingerprint density at radius 1 is 1.13 bits per heavy atom. The molecule has 2 heteroatoms. The molecule has 0 heterocycles. The molecule has 2 N–H and O–H groups in total. The molecule has 7 atom stereocenters. The van der Waals surface area contributed by atoms with Crippen molar-refractivity contribution in [2.75, 3.05) is 0 Å². The number of allylic oxidation sites excluding steroid dienone is 1. The fourth-order valence-electron chi connectivity index (χ4n) is 6.89. The molecular weight excluding hydrogens is 284 g/mol. The first-order valence-corrected chi connectivity index (χ1v) is 9.42. The van der Waals surface area contributed by atoms with Crippen LogP contribution in [0.25, 0.3) is 0 Å². The molecule has 0 spiro atoms. The summed E-state index contributed by atoms with van der Waals surface area (Å²) in [5.74, 6) is 4.65. The van der Waals surface area contributed by atoms with E-state index in [1.807, 2.05) is 0 Å². The Balaban J connectivity index is 1.69. The Morgan fingerprint density at radius 2 is 1.87 bits per heavy atom. The van der Waals surface area contributed by atoms with E-state index in [2.05, 4.69) is 25.8 Å². The standard InChI is InChI=1S/C21H30O2/c1-4-21(23)12-9-18-16-6-5-14-13-15(22)7-10-19(14,2)17(16)8-11-20(18,21)3/h1,5,15-18,22-23H,6-13H2,2-3H3/t15-,16+,17-,18-,19+,20-,21+/m1/s1. The summed E-state index contributed by atoms with van der Waals surface area (Å²) < 4.78 is 0. The number of fused-ring (bicyclic) bond motifs is 5. The van der Waals surface area contributed by atoms with Gasteiger partial charge in [-0.3, -0.25) is 0 Å². The van der Waals surface area contributed by atoms with E-state index in [9.17, 15) is 10.2 Å². The molecule has 0 saturated heterocycles. The molecule has 0 amide bonds. The number of hydrogen-bond acceptors (Lipinski definition) is 2. The van der Waals surface area contributed by atoms with E-state index in [1.165, 1.54) is 12.0 Å². The molecule has 4 aliphatic rings. The van der Waals surface area contributed by atoms with Crippen LogP contribution < -0.4 is 0 Å². The maximum absolute atomic E-state index is 11.0. The zero-order valence-electron chi connectivity index (χ0n) is 14.5. The predicted molar refractivity (Wildman–Crippen MR) is 91.5 cm³/mol. The molecule has 23 heavy (non-hydrogen) atoms. The zero-order valence-corrected chi connectivity index (χ0v) is 14.5. The van der Waals surface area contributed by atoms with Crippen LogP contribution in [0.2, 0.25) is 0 Å². The van der Waals surface area contributed by atoms with Crippen LogP contribution >= 0.6 is 0 Å². The predicted octanol–water partition coefficient (Wildman–Crippen LogP) is 3.67.